The Morgan fingerprint density at radius 3 is 2.31 bits per heavy atom. The van der Waals surface area contributed by atoms with Gasteiger partial charge in [0, 0.05) is 26.3 Å². The minimum atomic E-state index is -3.85. The van der Waals surface area contributed by atoms with Gasteiger partial charge in [-0.2, -0.15) is 4.31 Å². The third-order valence-corrected chi connectivity index (χ3v) is 6.87. The average molecular weight is 456 g/mol. The molecule has 8 heteroatoms. The predicted molar refractivity (Wildman–Crippen MR) is 122 cm³/mol. The van der Waals surface area contributed by atoms with E-state index in [9.17, 15) is 13.2 Å². The van der Waals surface area contributed by atoms with Crippen LogP contribution in [0.5, 0.6) is 0 Å². The van der Waals surface area contributed by atoms with Gasteiger partial charge in [-0.15, -0.1) is 0 Å². The van der Waals surface area contributed by atoms with E-state index in [1.54, 1.807) is 35.9 Å². The van der Waals surface area contributed by atoms with Crippen LogP contribution in [0.1, 0.15) is 42.0 Å². The summed E-state index contributed by atoms with van der Waals surface area (Å²) in [6.07, 6.45) is 6.08. The maximum absolute atomic E-state index is 13.4. The van der Waals surface area contributed by atoms with Gasteiger partial charge >= 0.3 is 5.97 Å². The van der Waals surface area contributed by atoms with Crippen LogP contribution in [0.15, 0.2) is 66.1 Å². The van der Waals surface area contributed by atoms with E-state index in [0.717, 1.165) is 30.4 Å². The topological polar surface area (TPSA) is 92.5 Å². The van der Waals surface area contributed by atoms with Crippen molar-refractivity contribution in [1.82, 2.24) is 13.9 Å². The first-order valence-corrected chi connectivity index (χ1v) is 12.1. The summed E-state index contributed by atoms with van der Waals surface area (Å²) in [5.74, 6) is -0.928. The summed E-state index contributed by atoms with van der Waals surface area (Å²) < 4.78 is 29.7. The van der Waals surface area contributed by atoms with E-state index in [4.69, 9.17) is 5.11 Å². The summed E-state index contributed by atoms with van der Waals surface area (Å²) in [6.45, 7) is 2.46. The molecule has 0 atom stereocenters. The van der Waals surface area contributed by atoms with E-state index in [2.05, 4.69) is 11.9 Å². The van der Waals surface area contributed by atoms with Gasteiger partial charge in [0.25, 0.3) is 10.0 Å². The number of nitrogens with zero attached hydrogens (tertiary/aromatic N) is 3. The van der Waals surface area contributed by atoms with E-state index in [1.165, 1.54) is 22.4 Å². The number of carboxylic acid groups (broad SMARTS) is 1. The molecule has 0 aliphatic carbocycles. The van der Waals surface area contributed by atoms with Crippen LogP contribution in [0.3, 0.4) is 0 Å². The van der Waals surface area contributed by atoms with Crippen LogP contribution in [0.4, 0.5) is 0 Å². The Kier molecular flexibility index (Phi) is 7.82. The molecule has 0 spiro atoms. The summed E-state index contributed by atoms with van der Waals surface area (Å²) in [5, 5.41) is 9.06. The number of rotatable bonds is 11. The van der Waals surface area contributed by atoms with Gasteiger partial charge in [0.1, 0.15) is 0 Å². The van der Waals surface area contributed by atoms with Crippen molar-refractivity contribution in [2.24, 2.45) is 7.05 Å². The maximum Gasteiger partial charge on any atom is 0.307 e. The number of aromatic nitrogens is 2. The van der Waals surface area contributed by atoms with Gasteiger partial charge in [-0.05, 0) is 35.1 Å². The van der Waals surface area contributed by atoms with Crippen molar-refractivity contribution in [3.8, 4) is 0 Å². The van der Waals surface area contributed by atoms with Crippen LogP contribution in [0.25, 0.3) is 0 Å². The van der Waals surface area contributed by atoms with Gasteiger partial charge in [-0.3, -0.25) is 4.79 Å². The average Bonchev–Trinajstić information content (AvgIpc) is 3.20. The Hall–Kier alpha value is -2.97. The Labute approximate surface area is 189 Å². The molecule has 3 aromatic rings. The molecule has 1 N–H and O–H groups in total. The Morgan fingerprint density at radius 2 is 1.69 bits per heavy atom. The predicted octanol–water partition coefficient (Wildman–Crippen LogP) is 3.78. The lowest BCUT2D eigenvalue weighted by molar-refractivity contribution is -0.136. The van der Waals surface area contributed by atoms with Gasteiger partial charge in [0.05, 0.1) is 12.7 Å². The monoisotopic (exact) mass is 455 g/mol. The highest BCUT2D eigenvalue weighted by Gasteiger charge is 2.27. The van der Waals surface area contributed by atoms with Gasteiger partial charge in [-0.25, -0.2) is 13.4 Å². The van der Waals surface area contributed by atoms with Gasteiger partial charge in [0.2, 0.25) is 0 Å². The molecule has 0 bridgehead atoms. The van der Waals surface area contributed by atoms with Crippen molar-refractivity contribution >= 4 is 16.0 Å². The smallest absolute Gasteiger partial charge is 0.307 e. The maximum atomic E-state index is 13.4. The molecule has 1 heterocycles. The third kappa shape index (κ3) is 6.27. The number of unbranched alkanes of at least 4 members (excludes halogenated alkanes) is 1. The summed E-state index contributed by atoms with van der Waals surface area (Å²) in [4.78, 5) is 15.1. The number of aliphatic carboxylic acids is 1. The van der Waals surface area contributed by atoms with Crippen LogP contribution >= 0.6 is 0 Å². The van der Waals surface area contributed by atoms with Gasteiger partial charge < -0.3 is 9.67 Å². The third-order valence-electron chi connectivity index (χ3n) is 5.19. The summed E-state index contributed by atoms with van der Waals surface area (Å²) >= 11 is 0. The fourth-order valence-corrected chi connectivity index (χ4v) is 4.87. The molecule has 7 nitrogen and oxygen atoms in total. The van der Waals surface area contributed by atoms with Crippen LogP contribution in [0.2, 0.25) is 0 Å². The number of imidazole rings is 1. The highest BCUT2D eigenvalue weighted by Crippen LogP contribution is 2.21. The van der Waals surface area contributed by atoms with Gasteiger partial charge in [-0.1, -0.05) is 61.9 Å². The van der Waals surface area contributed by atoms with E-state index < -0.39 is 16.0 Å². The van der Waals surface area contributed by atoms with E-state index in [-0.39, 0.29) is 24.5 Å². The van der Waals surface area contributed by atoms with Crippen LogP contribution in [-0.4, -0.2) is 33.3 Å². The van der Waals surface area contributed by atoms with Crippen molar-refractivity contribution in [1.29, 1.82) is 0 Å². The normalized spacial score (nSPS) is 11.7. The van der Waals surface area contributed by atoms with E-state index in [1.807, 2.05) is 24.3 Å². The minimum Gasteiger partial charge on any atom is -0.481 e. The highest BCUT2D eigenvalue weighted by atomic mass is 32.2. The summed E-state index contributed by atoms with van der Waals surface area (Å²) in [6, 6.07) is 15.0. The quantitative estimate of drug-likeness (QED) is 0.475. The molecular weight excluding hydrogens is 426 g/mol. The zero-order chi connectivity index (χ0) is 23.1. The molecule has 0 aliphatic heterocycles. The standard InChI is InChI=1S/C24H29N3O4S/c1-3-4-6-19-9-11-20(12-10-19)15-27(32(30,31)23-17-26(2)18-25-23)16-22-8-5-7-21(13-22)14-24(28)29/h5,7-13,17-18H,3-4,6,14-16H2,1-2H3,(H,28,29). The van der Waals surface area contributed by atoms with Crippen LogP contribution < -0.4 is 0 Å². The molecule has 170 valence electrons. The van der Waals surface area contributed by atoms with Crippen LogP contribution in [0, 0.1) is 0 Å². The second kappa shape index (κ2) is 10.6. The summed E-state index contributed by atoms with van der Waals surface area (Å²) in [7, 11) is -2.13. The fourth-order valence-electron chi connectivity index (χ4n) is 3.49. The minimum absolute atomic E-state index is 0.0127. The molecule has 32 heavy (non-hydrogen) atoms. The number of aryl methyl sites for hydroxylation is 2. The largest absolute Gasteiger partial charge is 0.481 e. The highest BCUT2D eigenvalue weighted by molar-refractivity contribution is 7.89. The molecule has 1 aromatic heterocycles. The molecule has 0 aliphatic rings. The zero-order valence-electron chi connectivity index (χ0n) is 18.4. The molecule has 2 aromatic carbocycles. The lowest BCUT2D eigenvalue weighted by Gasteiger charge is -2.22. The SMILES string of the molecule is CCCCc1ccc(CN(Cc2cccc(CC(=O)O)c2)S(=O)(=O)c2cn(C)cn2)cc1. The molecule has 0 radical (unpaired) electrons. The zero-order valence-corrected chi connectivity index (χ0v) is 19.3. The van der Waals surface area contributed by atoms with Crippen molar-refractivity contribution in [2.45, 2.75) is 50.7 Å². The number of carboxylic acids is 1. The molecule has 0 amide bonds. The first kappa shape index (κ1) is 23.7. The van der Waals surface area contributed by atoms with E-state index >= 15 is 0 Å². The number of sulfonamides is 1. The molecular formula is C24H29N3O4S. The number of carbonyl (C=O) groups is 1. The molecule has 0 fully saturated rings. The second-order valence-electron chi connectivity index (χ2n) is 7.96. The summed E-state index contributed by atoms with van der Waals surface area (Å²) in [5.41, 5.74) is 3.47. The van der Waals surface area contributed by atoms with E-state index in [0.29, 0.717) is 5.56 Å². The lowest BCUT2D eigenvalue weighted by atomic mass is 10.1. The Balaban J connectivity index is 1.89. The van der Waals surface area contributed by atoms with Gasteiger partial charge in [0.15, 0.2) is 5.03 Å². The second-order valence-corrected chi connectivity index (χ2v) is 9.85. The fraction of sp³-hybridized carbons (Fsp3) is 0.333. The lowest BCUT2D eigenvalue weighted by Crippen LogP contribution is -2.30. The van der Waals surface area contributed by atoms with Crippen molar-refractivity contribution in [3.63, 3.8) is 0 Å². The van der Waals surface area contributed by atoms with Crippen molar-refractivity contribution < 1.29 is 18.3 Å². The first-order chi connectivity index (χ1) is 15.3. The number of hydrogen-bond donors (Lipinski definition) is 1. The van der Waals surface area contributed by atoms with Crippen LogP contribution in [-0.2, 0) is 47.8 Å². The Bertz CT molecular complexity index is 1150. The molecule has 3 rings (SSSR count). The first-order valence-electron chi connectivity index (χ1n) is 10.6. The molecule has 0 unspecified atom stereocenters. The number of hydrogen-bond acceptors (Lipinski definition) is 4. The van der Waals surface area contributed by atoms with Crippen molar-refractivity contribution in [2.75, 3.05) is 0 Å². The Morgan fingerprint density at radius 1 is 1.03 bits per heavy atom. The molecule has 0 saturated carbocycles. The molecule has 0 saturated heterocycles. The van der Waals surface area contributed by atoms with Crippen molar-refractivity contribution in [3.05, 3.63) is 83.3 Å². The number of benzene rings is 2.